The van der Waals surface area contributed by atoms with Gasteiger partial charge in [-0.15, -0.1) is 0 Å². The van der Waals surface area contributed by atoms with Gasteiger partial charge in [-0.3, -0.25) is 4.79 Å². The average molecular weight is 326 g/mol. The van der Waals surface area contributed by atoms with E-state index < -0.39 is 0 Å². The standard InChI is InChI=1S/C20H20ClNO/c1-22-12-18(15-6-8-16(21)9-7-15)20(13-22)11-10-14-4-2-3-5-17(14)19(20)23/h2-9,18H,10-13H2,1H3/t18-,20+/m0/s1. The zero-order chi connectivity index (χ0) is 16.0. The molecular formula is C20H20ClNO. The second kappa shape index (κ2) is 5.47. The number of Topliss-reactive ketones (excluding diaryl/α,β-unsaturated/α-hetero) is 1. The number of ketones is 1. The van der Waals surface area contributed by atoms with Crippen LogP contribution < -0.4 is 0 Å². The summed E-state index contributed by atoms with van der Waals surface area (Å²) in [4.78, 5) is 15.7. The van der Waals surface area contributed by atoms with E-state index in [-0.39, 0.29) is 11.3 Å². The molecule has 0 amide bonds. The summed E-state index contributed by atoms with van der Waals surface area (Å²) in [5.74, 6) is 0.564. The van der Waals surface area contributed by atoms with Crippen LogP contribution in [0.3, 0.4) is 0 Å². The van der Waals surface area contributed by atoms with E-state index in [9.17, 15) is 4.79 Å². The van der Waals surface area contributed by atoms with E-state index in [4.69, 9.17) is 11.6 Å². The molecule has 1 heterocycles. The Morgan fingerprint density at radius 2 is 1.87 bits per heavy atom. The molecule has 1 fully saturated rings. The Morgan fingerprint density at radius 1 is 1.13 bits per heavy atom. The van der Waals surface area contributed by atoms with Gasteiger partial charge in [0.05, 0.1) is 5.41 Å². The maximum Gasteiger partial charge on any atom is 0.171 e. The van der Waals surface area contributed by atoms with Crippen molar-refractivity contribution >= 4 is 17.4 Å². The summed E-state index contributed by atoms with van der Waals surface area (Å²) in [6, 6.07) is 16.1. The molecule has 0 radical (unpaired) electrons. The van der Waals surface area contributed by atoms with Gasteiger partial charge in [0.1, 0.15) is 0 Å². The van der Waals surface area contributed by atoms with E-state index in [0.29, 0.717) is 5.78 Å². The quantitative estimate of drug-likeness (QED) is 0.783. The molecule has 1 aliphatic carbocycles. The monoisotopic (exact) mass is 325 g/mol. The van der Waals surface area contributed by atoms with Crippen LogP contribution >= 0.6 is 11.6 Å². The van der Waals surface area contributed by atoms with Crippen molar-refractivity contribution < 1.29 is 4.79 Å². The molecule has 0 saturated carbocycles. The summed E-state index contributed by atoms with van der Waals surface area (Å²) >= 11 is 6.04. The first-order valence-corrected chi connectivity index (χ1v) is 8.55. The Morgan fingerprint density at radius 3 is 2.65 bits per heavy atom. The molecule has 1 saturated heterocycles. The molecule has 1 spiro atoms. The van der Waals surface area contributed by atoms with Crippen molar-refractivity contribution in [1.82, 2.24) is 4.90 Å². The Bertz CT molecular complexity index is 754. The van der Waals surface area contributed by atoms with Gasteiger partial charge in [0.25, 0.3) is 0 Å². The van der Waals surface area contributed by atoms with E-state index in [1.807, 2.05) is 30.3 Å². The zero-order valence-electron chi connectivity index (χ0n) is 13.3. The lowest BCUT2D eigenvalue weighted by Gasteiger charge is -2.37. The topological polar surface area (TPSA) is 20.3 Å². The normalized spacial score (nSPS) is 27.4. The number of likely N-dealkylation sites (tertiary alicyclic amines) is 1. The third-order valence-electron chi connectivity index (χ3n) is 5.54. The molecule has 2 atom stereocenters. The van der Waals surface area contributed by atoms with E-state index in [0.717, 1.165) is 36.5 Å². The van der Waals surface area contributed by atoms with Crippen molar-refractivity contribution in [3.8, 4) is 0 Å². The van der Waals surface area contributed by atoms with Crippen LogP contribution in [0.25, 0.3) is 0 Å². The molecule has 4 rings (SSSR count). The molecular weight excluding hydrogens is 306 g/mol. The number of likely N-dealkylation sites (N-methyl/N-ethyl adjacent to an activating group) is 1. The maximum absolute atomic E-state index is 13.4. The highest BCUT2D eigenvalue weighted by molar-refractivity contribution is 6.30. The lowest BCUT2D eigenvalue weighted by atomic mass is 9.63. The van der Waals surface area contributed by atoms with Crippen LogP contribution in [0.15, 0.2) is 48.5 Å². The van der Waals surface area contributed by atoms with Crippen LogP contribution in [-0.4, -0.2) is 30.8 Å². The number of rotatable bonds is 1. The molecule has 23 heavy (non-hydrogen) atoms. The smallest absolute Gasteiger partial charge is 0.171 e. The Kier molecular flexibility index (Phi) is 3.55. The minimum Gasteiger partial charge on any atom is -0.305 e. The van der Waals surface area contributed by atoms with Gasteiger partial charge >= 0.3 is 0 Å². The van der Waals surface area contributed by atoms with E-state index in [2.05, 4.69) is 30.1 Å². The van der Waals surface area contributed by atoms with Crippen molar-refractivity contribution in [3.05, 3.63) is 70.2 Å². The Hall–Kier alpha value is -1.64. The van der Waals surface area contributed by atoms with Gasteiger partial charge < -0.3 is 4.90 Å². The van der Waals surface area contributed by atoms with Gasteiger partial charge in [0.2, 0.25) is 0 Å². The number of hydrogen-bond donors (Lipinski definition) is 0. The van der Waals surface area contributed by atoms with E-state index >= 15 is 0 Å². The van der Waals surface area contributed by atoms with Gasteiger partial charge in [0, 0.05) is 29.6 Å². The second-order valence-corrected chi connectivity index (χ2v) is 7.38. The summed E-state index contributed by atoms with van der Waals surface area (Å²) < 4.78 is 0. The number of fused-ring (bicyclic) bond motifs is 1. The SMILES string of the molecule is CN1C[C@@H](c2ccc(Cl)cc2)[C@@]2(CCc3ccccc3C2=O)C1. The van der Waals surface area contributed by atoms with Crippen molar-refractivity contribution in [2.45, 2.75) is 18.8 Å². The van der Waals surface area contributed by atoms with Crippen molar-refractivity contribution in [3.63, 3.8) is 0 Å². The molecule has 0 N–H and O–H groups in total. The minimum absolute atomic E-state index is 0.241. The van der Waals surface area contributed by atoms with Crippen LogP contribution in [0.5, 0.6) is 0 Å². The highest BCUT2D eigenvalue weighted by Crippen LogP contribution is 2.50. The van der Waals surface area contributed by atoms with E-state index in [1.54, 1.807) is 0 Å². The average Bonchev–Trinajstić information content (AvgIpc) is 2.90. The maximum atomic E-state index is 13.4. The van der Waals surface area contributed by atoms with Crippen LogP contribution in [0.2, 0.25) is 5.02 Å². The van der Waals surface area contributed by atoms with Crippen LogP contribution in [0.1, 0.15) is 33.8 Å². The Labute approximate surface area is 142 Å². The first-order valence-electron chi connectivity index (χ1n) is 8.17. The number of nitrogens with zero attached hydrogens (tertiary/aromatic N) is 1. The summed E-state index contributed by atoms with van der Waals surface area (Å²) in [6.07, 6.45) is 1.92. The van der Waals surface area contributed by atoms with Crippen molar-refractivity contribution in [2.75, 3.05) is 20.1 Å². The molecule has 1 aliphatic heterocycles. The first-order chi connectivity index (χ1) is 11.1. The number of carbonyl (C=O) groups is 1. The summed E-state index contributed by atoms with van der Waals surface area (Å²) in [6.45, 7) is 1.77. The minimum atomic E-state index is -0.295. The fourth-order valence-corrected chi connectivity index (χ4v) is 4.57. The molecule has 3 heteroatoms. The van der Waals surface area contributed by atoms with Gasteiger partial charge in [-0.2, -0.15) is 0 Å². The number of carbonyl (C=O) groups excluding carboxylic acids is 1. The van der Waals surface area contributed by atoms with Crippen molar-refractivity contribution in [2.24, 2.45) is 5.41 Å². The molecule has 0 unspecified atom stereocenters. The largest absolute Gasteiger partial charge is 0.305 e. The fraction of sp³-hybridized carbons (Fsp3) is 0.350. The van der Waals surface area contributed by atoms with Crippen LogP contribution in [0, 0.1) is 5.41 Å². The highest BCUT2D eigenvalue weighted by atomic mass is 35.5. The van der Waals surface area contributed by atoms with Crippen molar-refractivity contribution in [1.29, 1.82) is 0 Å². The predicted molar refractivity (Wildman–Crippen MR) is 93.2 cm³/mol. The number of halogens is 1. The third kappa shape index (κ3) is 2.32. The molecule has 118 valence electrons. The summed E-state index contributed by atoms with van der Waals surface area (Å²) in [7, 11) is 2.12. The van der Waals surface area contributed by atoms with Gasteiger partial charge in [-0.05, 0) is 43.1 Å². The molecule has 2 aromatic carbocycles. The highest BCUT2D eigenvalue weighted by Gasteiger charge is 2.53. The summed E-state index contributed by atoms with van der Waals surface area (Å²) in [5, 5.41) is 0.745. The van der Waals surface area contributed by atoms with Crippen LogP contribution in [-0.2, 0) is 6.42 Å². The number of benzene rings is 2. The zero-order valence-corrected chi connectivity index (χ0v) is 14.0. The van der Waals surface area contributed by atoms with Crippen LogP contribution in [0.4, 0.5) is 0 Å². The molecule has 0 aromatic heterocycles. The fourth-order valence-electron chi connectivity index (χ4n) is 4.44. The first kappa shape index (κ1) is 14.9. The number of aryl methyl sites for hydroxylation is 1. The molecule has 0 bridgehead atoms. The molecule has 2 aliphatic rings. The molecule has 2 nitrogen and oxygen atoms in total. The van der Waals surface area contributed by atoms with Gasteiger partial charge in [-0.1, -0.05) is 48.0 Å². The lowest BCUT2D eigenvalue weighted by Crippen LogP contribution is -2.41. The number of hydrogen-bond acceptors (Lipinski definition) is 2. The second-order valence-electron chi connectivity index (χ2n) is 6.94. The third-order valence-corrected chi connectivity index (χ3v) is 5.79. The molecule has 2 aromatic rings. The summed E-state index contributed by atoms with van der Waals surface area (Å²) in [5.41, 5.74) is 3.06. The predicted octanol–water partition coefficient (Wildman–Crippen LogP) is 4.18. The van der Waals surface area contributed by atoms with Gasteiger partial charge in [-0.25, -0.2) is 0 Å². The van der Waals surface area contributed by atoms with Gasteiger partial charge in [0.15, 0.2) is 5.78 Å². The Balaban J connectivity index is 1.79. The lowest BCUT2D eigenvalue weighted by molar-refractivity contribution is 0.0746. The van der Waals surface area contributed by atoms with E-state index in [1.165, 1.54) is 11.1 Å².